The number of carbonyl (C=O) groups excluding carboxylic acids is 1. The predicted molar refractivity (Wildman–Crippen MR) is 102 cm³/mol. The summed E-state index contributed by atoms with van der Waals surface area (Å²) >= 11 is 1.35. The van der Waals surface area contributed by atoms with Crippen molar-refractivity contribution >= 4 is 22.2 Å². The first-order valence-corrected chi connectivity index (χ1v) is 9.11. The summed E-state index contributed by atoms with van der Waals surface area (Å²) in [4.78, 5) is 13.6. The summed E-state index contributed by atoms with van der Waals surface area (Å²) < 4.78 is 10.7. The Bertz CT molecular complexity index is 826. The van der Waals surface area contributed by atoms with Crippen LogP contribution in [0.4, 0.5) is 5.00 Å². The van der Waals surface area contributed by atoms with Crippen LogP contribution < -0.4 is 19.7 Å². The number of benzene rings is 1. The van der Waals surface area contributed by atoms with E-state index in [2.05, 4.69) is 11.4 Å². The normalized spacial score (nSPS) is 12.8. The second kappa shape index (κ2) is 8.70. The van der Waals surface area contributed by atoms with Gasteiger partial charge in [0, 0.05) is 5.56 Å². The Balaban J connectivity index is 2.10. The molecule has 0 saturated heterocycles. The second-order valence-electron chi connectivity index (χ2n) is 6.14. The summed E-state index contributed by atoms with van der Waals surface area (Å²) in [6, 6.07) is 7.40. The molecule has 0 saturated carbocycles. The number of nitrogens with zero attached hydrogens (tertiary/aromatic N) is 1. The van der Waals surface area contributed by atoms with E-state index >= 15 is 0 Å². The maximum absolute atomic E-state index is 12.5. The van der Waals surface area contributed by atoms with E-state index in [4.69, 9.17) is 14.7 Å². The summed E-state index contributed by atoms with van der Waals surface area (Å²) in [5.74, 6) is 1.26. The lowest BCUT2D eigenvalue weighted by Crippen LogP contribution is -3.12. The van der Waals surface area contributed by atoms with Gasteiger partial charge in [-0.25, -0.2) is 0 Å². The number of ether oxygens (including phenoxy) is 2. The number of rotatable bonds is 7. The number of anilines is 1. The van der Waals surface area contributed by atoms with Crippen molar-refractivity contribution in [1.29, 1.82) is 5.26 Å². The van der Waals surface area contributed by atoms with Crippen molar-refractivity contribution < 1.29 is 19.2 Å². The third kappa shape index (κ3) is 4.34. The quantitative estimate of drug-likeness (QED) is 0.777. The molecule has 1 aromatic carbocycles. The molecule has 138 valence electrons. The fraction of sp³-hybridized carbons (Fsp3) is 0.368. The highest BCUT2D eigenvalue weighted by atomic mass is 32.1. The number of likely N-dealkylation sites (N-methyl/N-ethyl adjacent to an activating group) is 1. The van der Waals surface area contributed by atoms with E-state index in [0.717, 1.165) is 16.0 Å². The Labute approximate surface area is 158 Å². The van der Waals surface area contributed by atoms with Crippen LogP contribution >= 0.6 is 11.3 Å². The molecule has 1 amide bonds. The molecule has 0 bridgehead atoms. The van der Waals surface area contributed by atoms with Crippen LogP contribution in [0.2, 0.25) is 0 Å². The van der Waals surface area contributed by atoms with Gasteiger partial charge in [0.2, 0.25) is 0 Å². The van der Waals surface area contributed by atoms with Gasteiger partial charge in [0.05, 0.1) is 26.8 Å². The van der Waals surface area contributed by atoms with Crippen LogP contribution in [0.1, 0.15) is 23.6 Å². The Hall–Kier alpha value is -2.56. The van der Waals surface area contributed by atoms with Crippen molar-refractivity contribution in [2.45, 2.75) is 26.4 Å². The molecule has 0 aliphatic carbocycles. The van der Waals surface area contributed by atoms with E-state index in [1.165, 1.54) is 11.3 Å². The molecule has 2 rings (SSSR count). The van der Waals surface area contributed by atoms with Gasteiger partial charge in [-0.3, -0.25) is 4.79 Å². The third-order valence-corrected chi connectivity index (χ3v) is 5.30. The van der Waals surface area contributed by atoms with Gasteiger partial charge in [0.25, 0.3) is 5.91 Å². The monoisotopic (exact) mass is 374 g/mol. The molecule has 1 heterocycles. The van der Waals surface area contributed by atoms with E-state index in [1.54, 1.807) is 25.7 Å². The highest BCUT2D eigenvalue weighted by molar-refractivity contribution is 7.14. The molecule has 6 nitrogen and oxygen atoms in total. The molecule has 0 aliphatic rings. The number of carbonyl (C=O) groups is 1. The molecule has 0 aliphatic heterocycles. The van der Waals surface area contributed by atoms with Crippen molar-refractivity contribution in [2.75, 3.05) is 26.6 Å². The molecule has 1 unspecified atom stereocenters. The van der Waals surface area contributed by atoms with E-state index < -0.39 is 0 Å². The van der Waals surface area contributed by atoms with E-state index in [-0.39, 0.29) is 11.9 Å². The predicted octanol–water partition coefficient (Wildman–Crippen LogP) is 1.99. The SMILES string of the molecule is COc1cc(C)c(C[NH+](C)[C@@H](C)C(=O)Nc2sccc2C#N)cc1OC. The van der Waals surface area contributed by atoms with E-state index in [9.17, 15) is 4.79 Å². The first-order chi connectivity index (χ1) is 12.4. The molecule has 2 N–H and O–H groups in total. The average molecular weight is 374 g/mol. The van der Waals surface area contributed by atoms with Gasteiger partial charge in [-0.1, -0.05) is 0 Å². The highest BCUT2D eigenvalue weighted by Crippen LogP contribution is 2.30. The van der Waals surface area contributed by atoms with Crippen molar-refractivity contribution in [3.05, 3.63) is 40.3 Å². The van der Waals surface area contributed by atoms with Crippen LogP contribution in [0, 0.1) is 18.3 Å². The van der Waals surface area contributed by atoms with Gasteiger partial charge in [-0.2, -0.15) is 5.26 Å². The second-order valence-corrected chi connectivity index (χ2v) is 7.06. The number of aryl methyl sites for hydroxylation is 1. The minimum Gasteiger partial charge on any atom is -0.493 e. The fourth-order valence-electron chi connectivity index (χ4n) is 2.60. The van der Waals surface area contributed by atoms with Gasteiger partial charge < -0.3 is 19.7 Å². The van der Waals surface area contributed by atoms with Crippen LogP contribution in [-0.2, 0) is 11.3 Å². The van der Waals surface area contributed by atoms with E-state index in [0.29, 0.717) is 28.6 Å². The standard InChI is InChI=1S/C19H23N3O3S/c1-12-8-16(24-4)17(25-5)9-15(12)11-22(3)13(2)18(23)21-19-14(10-20)6-7-26-19/h6-9,13H,11H2,1-5H3,(H,21,23)/p+1/t13-/m0/s1. The third-order valence-electron chi connectivity index (χ3n) is 4.47. The molecule has 0 spiro atoms. The highest BCUT2D eigenvalue weighted by Gasteiger charge is 2.24. The number of nitrogens with one attached hydrogen (secondary N) is 2. The first kappa shape index (κ1) is 19.8. The number of amides is 1. The van der Waals surface area contributed by atoms with Gasteiger partial charge in [-0.15, -0.1) is 11.3 Å². The Morgan fingerprint density at radius 2 is 2.00 bits per heavy atom. The molecular formula is C19H24N3O3S+. The zero-order valence-electron chi connectivity index (χ0n) is 15.7. The zero-order chi connectivity index (χ0) is 19.3. The fourth-order valence-corrected chi connectivity index (χ4v) is 3.35. The molecule has 0 radical (unpaired) electrons. The Kier molecular flexibility index (Phi) is 6.61. The summed E-state index contributed by atoms with van der Waals surface area (Å²) in [6.45, 7) is 4.55. The van der Waals surface area contributed by atoms with E-state index in [1.807, 2.05) is 33.0 Å². The number of thiophene rings is 1. The Morgan fingerprint density at radius 3 is 2.62 bits per heavy atom. The van der Waals surface area contributed by atoms with Gasteiger partial charge in [0.15, 0.2) is 17.5 Å². The van der Waals surface area contributed by atoms with Gasteiger partial charge in [0.1, 0.15) is 17.6 Å². The lowest BCUT2D eigenvalue weighted by Gasteiger charge is -2.22. The number of methoxy groups -OCH3 is 2. The maximum atomic E-state index is 12.5. The number of quaternary nitrogens is 1. The number of nitriles is 1. The summed E-state index contributed by atoms with van der Waals surface area (Å²) in [7, 11) is 5.19. The zero-order valence-corrected chi connectivity index (χ0v) is 16.5. The van der Waals surface area contributed by atoms with Crippen LogP contribution in [-0.4, -0.2) is 33.2 Å². The summed E-state index contributed by atoms with van der Waals surface area (Å²) in [6.07, 6.45) is 0. The smallest absolute Gasteiger partial charge is 0.283 e. The van der Waals surface area contributed by atoms with Crippen LogP contribution in [0.3, 0.4) is 0 Å². The molecule has 2 atom stereocenters. The topological polar surface area (TPSA) is 75.8 Å². The lowest BCUT2D eigenvalue weighted by atomic mass is 10.1. The van der Waals surface area contributed by atoms with Crippen molar-refractivity contribution in [3.8, 4) is 17.6 Å². The van der Waals surface area contributed by atoms with Crippen molar-refractivity contribution in [3.63, 3.8) is 0 Å². The molecule has 2 aromatic rings. The molecule has 7 heteroatoms. The van der Waals surface area contributed by atoms with Crippen LogP contribution in [0.25, 0.3) is 0 Å². The van der Waals surface area contributed by atoms with Crippen LogP contribution in [0.15, 0.2) is 23.6 Å². The minimum atomic E-state index is -0.281. The number of hydrogen-bond donors (Lipinski definition) is 2. The molecule has 26 heavy (non-hydrogen) atoms. The Morgan fingerprint density at radius 1 is 1.35 bits per heavy atom. The average Bonchev–Trinajstić information content (AvgIpc) is 3.09. The molecule has 1 aromatic heterocycles. The van der Waals surface area contributed by atoms with Crippen LogP contribution in [0.5, 0.6) is 11.5 Å². The maximum Gasteiger partial charge on any atom is 0.283 e. The van der Waals surface area contributed by atoms with Crippen molar-refractivity contribution in [1.82, 2.24) is 0 Å². The summed E-state index contributed by atoms with van der Waals surface area (Å²) in [5, 5.41) is 14.3. The first-order valence-electron chi connectivity index (χ1n) is 8.23. The molecular weight excluding hydrogens is 350 g/mol. The largest absolute Gasteiger partial charge is 0.493 e. The summed E-state index contributed by atoms with van der Waals surface area (Å²) in [5.41, 5.74) is 2.66. The number of hydrogen-bond acceptors (Lipinski definition) is 5. The molecule has 0 fully saturated rings. The minimum absolute atomic E-state index is 0.112. The lowest BCUT2D eigenvalue weighted by molar-refractivity contribution is -0.907. The van der Waals surface area contributed by atoms with Gasteiger partial charge in [-0.05, 0) is 43.0 Å². The van der Waals surface area contributed by atoms with Gasteiger partial charge >= 0.3 is 0 Å². The van der Waals surface area contributed by atoms with Crippen molar-refractivity contribution in [2.24, 2.45) is 0 Å².